The van der Waals surface area contributed by atoms with Crippen LogP contribution in [0.2, 0.25) is 5.02 Å². The number of halogens is 1. The summed E-state index contributed by atoms with van der Waals surface area (Å²) in [5, 5.41) is 8.23. The fraction of sp³-hybridized carbons (Fsp3) is 0.409. The number of piperidine rings is 1. The van der Waals surface area contributed by atoms with Crippen LogP contribution in [0.1, 0.15) is 43.1 Å². The average molecular weight is 429 g/mol. The van der Waals surface area contributed by atoms with Gasteiger partial charge in [0.25, 0.3) is 0 Å². The van der Waals surface area contributed by atoms with Crippen molar-refractivity contribution in [3.8, 4) is 16.4 Å². The zero-order valence-corrected chi connectivity index (χ0v) is 18.6. The van der Waals surface area contributed by atoms with Crippen LogP contribution >= 0.6 is 22.9 Å². The van der Waals surface area contributed by atoms with Crippen molar-refractivity contribution in [1.29, 1.82) is 0 Å². The highest BCUT2D eigenvalue weighted by atomic mass is 35.5. The molecule has 152 valence electrons. The van der Waals surface area contributed by atoms with Crippen LogP contribution in [-0.4, -0.2) is 38.2 Å². The van der Waals surface area contributed by atoms with E-state index in [9.17, 15) is 4.79 Å². The van der Waals surface area contributed by atoms with Gasteiger partial charge in [-0.15, -0.1) is 11.3 Å². The standard InChI is InChI=1S/C22H25ClN4OS/c1-14-6-4-5-11-26(14)21(28)12-19-15(2)25-27(16(19)3)22-24-20(13-29-22)17-7-9-18(23)10-8-17/h7-10,13-14H,4-6,11-12H2,1-3H3. The van der Waals surface area contributed by atoms with E-state index in [1.807, 2.05) is 53.1 Å². The molecule has 29 heavy (non-hydrogen) atoms. The summed E-state index contributed by atoms with van der Waals surface area (Å²) in [6.45, 7) is 7.00. The molecule has 0 aliphatic carbocycles. The topological polar surface area (TPSA) is 51.0 Å². The van der Waals surface area contributed by atoms with Gasteiger partial charge >= 0.3 is 0 Å². The summed E-state index contributed by atoms with van der Waals surface area (Å²) in [6, 6.07) is 7.99. The molecule has 1 atom stereocenters. The van der Waals surface area contributed by atoms with Gasteiger partial charge < -0.3 is 4.90 Å². The maximum absolute atomic E-state index is 12.9. The van der Waals surface area contributed by atoms with E-state index in [4.69, 9.17) is 21.7 Å². The summed E-state index contributed by atoms with van der Waals surface area (Å²) in [5.41, 5.74) is 4.80. The second-order valence-electron chi connectivity index (χ2n) is 7.69. The fourth-order valence-electron chi connectivity index (χ4n) is 3.95. The Morgan fingerprint density at radius 2 is 2.00 bits per heavy atom. The number of likely N-dealkylation sites (tertiary alicyclic amines) is 1. The van der Waals surface area contributed by atoms with E-state index in [1.165, 1.54) is 6.42 Å². The second-order valence-corrected chi connectivity index (χ2v) is 8.97. The van der Waals surface area contributed by atoms with Gasteiger partial charge in [0.05, 0.1) is 17.8 Å². The number of carbonyl (C=O) groups excluding carboxylic acids is 1. The Morgan fingerprint density at radius 3 is 2.72 bits per heavy atom. The van der Waals surface area contributed by atoms with E-state index < -0.39 is 0 Å². The van der Waals surface area contributed by atoms with Crippen molar-refractivity contribution in [3.05, 3.63) is 51.6 Å². The predicted molar refractivity (Wildman–Crippen MR) is 118 cm³/mol. The Hall–Kier alpha value is -2.18. The lowest BCUT2D eigenvalue weighted by molar-refractivity contribution is -0.133. The van der Waals surface area contributed by atoms with Crippen molar-refractivity contribution in [2.45, 2.75) is 52.5 Å². The first-order chi connectivity index (χ1) is 13.9. The Morgan fingerprint density at radius 1 is 1.24 bits per heavy atom. The molecule has 1 fully saturated rings. The number of thiazole rings is 1. The Kier molecular flexibility index (Phi) is 5.74. The number of rotatable bonds is 4. The molecule has 1 aromatic carbocycles. The number of benzene rings is 1. The zero-order chi connectivity index (χ0) is 20.5. The second kappa shape index (κ2) is 8.28. The van der Waals surface area contributed by atoms with Crippen LogP contribution in [0.25, 0.3) is 16.4 Å². The van der Waals surface area contributed by atoms with Gasteiger partial charge in [-0.3, -0.25) is 4.79 Å². The third-order valence-electron chi connectivity index (χ3n) is 5.71. The monoisotopic (exact) mass is 428 g/mol. The zero-order valence-electron chi connectivity index (χ0n) is 17.0. The van der Waals surface area contributed by atoms with E-state index >= 15 is 0 Å². The van der Waals surface area contributed by atoms with E-state index in [2.05, 4.69) is 6.92 Å². The SMILES string of the molecule is Cc1nn(-c2nc(-c3ccc(Cl)cc3)cs2)c(C)c1CC(=O)N1CCCCC1C. The van der Waals surface area contributed by atoms with Crippen LogP contribution < -0.4 is 0 Å². The van der Waals surface area contributed by atoms with Crippen LogP contribution in [0.5, 0.6) is 0 Å². The number of carbonyl (C=O) groups is 1. The summed E-state index contributed by atoms with van der Waals surface area (Å²) in [5.74, 6) is 0.198. The maximum atomic E-state index is 12.9. The van der Waals surface area contributed by atoms with Gasteiger partial charge in [0.15, 0.2) is 0 Å². The lowest BCUT2D eigenvalue weighted by Gasteiger charge is -2.33. The van der Waals surface area contributed by atoms with E-state index in [0.717, 1.165) is 52.7 Å². The number of hydrogen-bond acceptors (Lipinski definition) is 4. The van der Waals surface area contributed by atoms with Gasteiger partial charge in [0.2, 0.25) is 11.0 Å². The highest BCUT2D eigenvalue weighted by Crippen LogP contribution is 2.27. The summed E-state index contributed by atoms with van der Waals surface area (Å²) >= 11 is 7.53. The van der Waals surface area contributed by atoms with Gasteiger partial charge in [0, 0.05) is 39.8 Å². The lowest BCUT2D eigenvalue weighted by atomic mass is 10.0. The molecule has 7 heteroatoms. The largest absolute Gasteiger partial charge is 0.340 e. The highest BCUT2D eigenvalue weighted by molar-refractivity contribution is 7.12. The summed E-state index contributed by atoms with van der Waals surface area (Å²) in [6.07, 6.45) is 3.80. The molecular weight excluding hydrogens is 404 g/mol. The van der Waals surface area contributed by atoms with Crippen LogP contribution in [0.4, 0.5) is 0 Å². The van der Waals surface area contributed by atoms with Gasteiger partial charge in [-0.05, 0) is 52.2 Å². The minimum absolute atomic E-state index is 0.198. The van der Waals surface area contributed by atoms with E-state index in [1.54, 1.807) is 11.3 Å². The molecule has 0 radical (unpaired) electrons. The molecule has 4 rings (SSSR count). The molecule has 1 amide bonds. The molecule has 1 aliphatic rings. The molecule has 1 aliphatic heterocycles. The van der Waals surface area contributed by atoms with Gasteiger partial charge in [0.1, 0.15) is 0 Å². The van der Waals surface area contributed by atoms with Gasteiger partial charge in [-0.1, -0.05) is 23.7 Å². The summed E-state index contributed by atoms with van der Waals surface area (Å²) < 4.78 is 1.86. The smallest absolute Gasteiger partial charge is 0.227 e. The van der Waals surface area contributed by atoms with Crippen LogP contribution in [0.15, 0.2) is 29.6 Å². The Labute approximate surface area is 180 Å². The minimum atomic E-state index is 0.198. The number of hydrogen-bond donors (Lipinski definition) is 0. The fourth-order valence-corrected chi connectivity index (χ4v) is 4.91. The summed E-state index contributed by atoms with van der Waals surface area (Å²) in [4.78, 5) is 19.7. The number of nitrogens with zero attached hydrogens (tertiary/aromatic N) is 4. The molecule has 2 aromatic heterocycles. The highest BCUT2D eigenvalue weighted by Gasteiger charge is 2.25. The molecule has 5 nitrogen and oxygen atoms in total. The minimum Gasteiger partial charge on any atom is -0.340 e. The van der Waals surface area contributed by atoms with Crippen molar-refractivity contribution >= 4 is 28.8 Å². The van der Waals surface area contributed by atoms with Crippen molar-refractivity contribution in [2.75, 3.05) is 6.54 Å². The van der Waals surface area contributed by atoms with Crippen LogP contribution in [-0.2, 0) is 11.2 Å². The number of amides is 1. The average Bonchev–Trinajstić information content (AvgIpc) is 3.29. The molecule has 1 unspecified atom stereocenters. The third kappa shape index (κ3) is 4.09. The molecule has 3 heterocycles. The van der Waals surface area contributed by atoms with Crippen molar-refractivity contribution in [3.63, 3.8) is 0 Å². The molecule has 0 N–H and O–H groups in total. The van der Waals surface area contributed by atoms with Gasteiger partial charge in [-0.25, -0.2) is 9.67 Å². The molecule has 0 spiro atoms. The van der Waals surface area contributed by atoms with Crippen molar-refractivity contribution in [1.82, 2.24) is 19.7 Å². The Balaban J connectivity index is 1.57. The van der Waals surface area contributed by atoms with Gasteiger partial charge in [-0.2, -0.15) is 5.10 Å². The predicted octanol–water partition coefficient (Wildman–Crippen LogP) is 5.21. The van der Waals surface area contributed by atoms with Crippen LogP contribution in [0, 0.1) is 13.8 Å². The normalized spacial score (nSPS) is 17.0. The molecule has 3 aromatic rings. The molecule has 0 bridgehead atoms. The van der Waals surface area contributed by atoms with E-state index in [0.29, 0.717) is 17.5 Å². The number of aryl methyl sites for hydroxylation is 1. The Bertz CT molecular complexity index is 1020. The molecular formula is C22H25ClN4OS. The first kappa shape index (κ1) is 20.1. The summed E-state index contributed by atoms with van der Waals surface area (Å²) in [7, 11) is 0. The third-order valence-corrected chi connectivity index (χ3v) is 6.77. The van der Waals surface area contributed by atoms with Crippen molar-refractivity contribution in [2.24, 2.45) is 0 Å². The van der Waals surface area contributed by atoms with Crippen LogP contribution in [0.3, 0.4) is 0 Å². The van der Waals surface area contributed by atoms with Crippen molar-refractivity contribution < 1.29 is 4.79 Å². The first-order valence-corrected chi connectivity index (χ1v) is 11.3. The molecule has 1 saturated heterocycles. The first-order valence-electron chi connectivity index (χ1n) is 10.0. The van der Waals surface area contributed by atoms with E-state index in [-0.39, 0.29) is 5.91 Å². The lowest BCUT2D eigenvalue weighted by Crippen LogP contribution is -2.42. The number of aromatic nitrogens is 3. The molecule has 0 saturated carbocycles. The quantitative estimate of drug-likeness (QED) is 0.573. The maximum Gasteiger partial charge on any atom is 0.227 e.